The fraction of sp³-hybridized carbons (Fsp3) is 0.615. The highest BCUT2D eigenvalue weighted by Crippen LogP contribution is 2.24. The van der Waals surface area contributed by atoms with E-state index in [9.17, 15) is 18.5 Å². The average molecular weight is 313 g/mol. The van der Waals surface area contributed by atoms with E-state index in [0.717, 1.165) is 0 Å². The van der Waals surface area contributed by atoms with Crippen molar-refractivity contribution < 1.29 is 13.3 Å². The molecule has 8 heteroatoms. The Balaban J connectivity index is 2.04. The number of nitrogens with zero attached hydrogens (tertiary/aromatic N) is 2. The zero-order valence-electron chi connectivity index (χ0n) is 12.1. The SMILES string of the molecule is Cc1cnc(CNCC2CCCS2(=O)=O)c(C)c1[N+](=O)[O-]. The third-order valence-corrected chi connectivity index (χ3v) is 6.16. The Labute approximate surface area is 123 Å². The van der Waals surface area contributed by atoms with Crippen molar-refractivity contribution in [1.82, 2.24) is 10.3 Å². The zero-order valence-corrected chi connectivity index (χ0v) is 12.9. The number of hydrogen-bond acceptors (Lipinski definition) is 6. The third kappa shape index (κ3) is 3.38. The Morgan fingerprint density at radius 3 is 2.76 bits per heavy atom. The van der Waals surface area contributed by atoms with Gasteiger partial charge in [-0.3, -0.25) is 15.1 Å². The van der Waals surface area contributed by atoms with E-state index in [2.05, 4.69) is 10.3 Å². The first kappa shape index (κ1) is 15.8. The standard InChI is InChI=1S/C13H19N3O4S/c1-9-6-15-12(10(2)13(9)16(17)18)8-14-7-11-4-3-5-21(11,19)20/h6,11,14H,3-5,7-8H2,1-2H3. The molecule has 1 aromatic heterocycles. The second-order valence-corrected chi connectivity index (χ2v) is 7.78. The normalized spacial score (nSPS) is 20.6. The van der Waals surface area contributed by atoms with Gasteiger partial charge in [-0.2, -0.15) is 0 Å². The fourth-order valence-corrected chi connectivity index (χ4v) is 4.46. The molecule has 7 nitrogen and oxygen atoms in total. The van der Waals surface area contributed by atoms with Crippen LogP contribution < -0.4 is 5.32 Å². The largest absolute Gasteiger partial charge is 0.310 e. The van der Waals surface area contributed by atoms with E-state index < -0.39 is 14.8 Å². The molecule has 0 spiro atoms. The van der Waals surface area contributed by atoms with Crippen molar-refractivity contribution in [2.45, 2.75) is 38.5 Å². The van der Waals surface area contributed by atoms with E-state index in [1.165, 1.54) is 6.20 Å². The van der Waals surface area contributed by atoms with Gasteiger partial charge in [-0.25, -0.2) is 8.42 Å². The van der Waals surface area contributed by atoms with Crippen molar-refractivity contribution in [3.8, 4) is 0 Å². The Bertz CT molecular complexity index is 658. The molecule has 1 aliphatic rings. The molecule has 0 aromatic carbocycles. The molecule has 1 aliphatic heterocycles. The number of sulfone groups is 1. The number of nitrogens with one attached hydrogen (secondary N) is 1. The molecule has 1 fully saturated rings. The minimum atomic E-state index is -2.97. The smallest absolute Gasteiger partial charge is 0.278 e. The second-order valence-electron chi connectivity index (χ2n) is 5.38. The number of aryl methyl sites for hydroxylation is 1. The van der Waals surface area contributed by atoms with Gasteiger partial charge in [0.1, 0.15) is 0 Å². The Kier molecular flexibility index (Phi) is 4.58. The number of rotatable bonds is 5. The second kappa shape index (κ2) is 6.07. The van der Waals surface area contributed by atoms with E-state index in [-0.39, 0.29) is 16.7 Å². The highest BCUT2D eigenvalue weighted by atomic mass is 32.2. The Morgan fingerprint density at radius 2 is 2.19 bits per heavy atom. The molecule has 1 N–H and O–H groups in total. The summed E-state index contributed by atoms with van der Waals surface area (Å²) in [4.78, 5) is 14.8. The Morgan fingerprint density at radius 1 is 1.48 bits per heavy atom. The van der Waals surface area contributed by atoms with Gasteiger partial charge in [-0.1, -0.05) is 0 Å². The molecule has 1 saturated heterocycles. The number of nitro groups is 1. The molecular weight excluding hydrogens is 294 g/mol. The molecular formula is C13H19N3O4S. The predicted molar refractivity (Wildman–Crippen MR) is 78.9 cm³/mol. The monoisotopic (exact) mass is 313 g/mol. The van der Waals surface area contributed by atoms with Crippen LogP contribution in [-0.2, 0) is 16.4 Å². The lowest BCUT2D eigenvalue weighted by molar-refractivity contribution is -0.386. The number of hydrogen-bond donors (Lipinski definition) is 1. The van der Waals surface area contributed by atoms with Crippen LogP contribution in [0.15, 0.2) is 6.20 Å². The van der Waals surface area contributed by atoms with E-state index >= 15 is 0 Å². The lowest BCUT2D eigenvalue weighted by Gasteiger charge is -2.12. The van der Waals surface area contributed by atoms with Gasteiger partial charge < -0.3 is 5.32 Å². The van der Waals surface area contributed by atoms with Crippen LogP contribution in [0.3, 0.4) is 0 Å². The summed E-state index contributed by atoms with van der Waals surface area (Å²) >= 11 is 0. The highest BCUT2D eigenvalue weighted by Gasteiger charge is 2.30. The molecule has 116 valence electrons. The van der Waals surface area contributed by atoms with Crippen molar-refractivity contribution >= 4 is 15.5 Å². The predicted octanol–water partition coefficient (Wildman–Crippen LogP) is 1.27. The van der Waals surface area contributed by atoms with Crippen LogP contribution in [0, 0.1) is 24.0 Å². The summed E-state index contributed by atoms with van der Waals surface area (Å²) in [6, 6.07) is 0. The van der Waals surface area contributed by atoms with Gasteiger partial charge in [0.15, 0.2) is 9.84 Å². The van der Waals surface area contributed by atoms with Crippen molar-refractivity contribution in [2.24, 2.45) is 0 Å². The summed E-state index contributed by atoms with van der Waals surface area (Å²) in [5, 5.41) is 13.8. The molecule has 1 aromatic rings. The summed E-state index contributed by atoms with van der Waals surface area (Å²) in [6.45, 7) is 4.02. The van der Waals surface area contributed by atoms with Gasteiger partial charge in [0.25, 0.3) is 5.69 Å². The number of aromatic nitrogens is 1. The lowest BCUT2D eigenvalue weighted by atomic mass is 10.1. The van der Waals surface area contributed by atoms with Crippen molar-refractivity contribution in [3.63, 3.8) is 0 Å². The molecule has 2 rings (SSSR count). The molecule has 21 heavy (non-hydrogen) atoms. The maximum Gasteiger partial charge on any atom is 0.278 e. The van der Waals surface area contributed by atoms with E-state index in [1.807, 2.05) is 0 Å². The van der Waals surface area contributed by atoms with Gasteiger partial charge in [0.05, 0.1) is 21.6 Å². The minimum Gasteiger partial charge on any atom is -0.310 e. The zero-order chi connectivity index (χ0) is 15.6. The van der Waals surface area contributed by atoms with Crippen molar-refractivity contribution in [2.75, 3.05) is 12.3 Å². The van der Waals surface area contributed by atoms with Crippen LogP contribution >= 0.6 is 0 Å². The molecule has 1 unspecified atom stereocenters. The van der Waals surface area contributed by atoms with E-state index in [4.69, 9.17) is 0 Å². The molecule has 0 aliphatic carbocycles. The third-order valence-electron chi connectivity index (χ3n) is 3.89. The van der Waals surface area contributed by atoms with E-state index in [1.54, 1.807) is 13.8 Å². The van der Waals surface area contributed by atoms with Gasteiger partial charge in [0.2, 0.25) is 0 Å². The summed E-state index contributed by atoms with van der Waals surface area (Å²) in [5.74, 6) is 0.257. The van der Waals surface area contributed by atoms with Crippen LogP contribution in [0.25, 0.3) is 0 Å². The van der Waals surface area contributed by atoms with Crippen LogP contribution in [0.4, 0.5) is 5.69 Å². The van der Waals surface area contributed by atoms with Gasteiger partial charge >= 0.3 is 0 Å². The summed E-state index contributed by atoms with van der Waals surface area (Å²) in [5.41, 5.74) is 1.72. The maximum atomic E-state index is 11.7. The topological polar surface area (TPSA) is 102 Å². The quantitative estimate of drug-likeness (QED) is 0.649. The molecule has 0 bridgehead atoms. The minimum absolute atomic E-state index is 0.0790. The maximum absolute atomic E-state index is 11.7. The van der Waals surface area contributed by atoms with Gasteiger partial charge in [0, 0.05) is 30.4 Å². The van der Waals surface area contributed by atoms with Crippen LogP contribution in [0.5, 0.6) is 0 Å². The van der Waals surface area contributed by atoms with Crippen molar-refractivity contribution in [3.05, 3.63) is 33.1 Å². The van der Waals surface area contributed by atoms with Crippen LogP contribution in [0.2, 0.25) is 0 Å². The lowest BCUT2D eigenvalue weighted by Crippen LogP contribution is -2.30. The van der Waals surface area contributed by atoms with Crippen LogP contribution in [-0.4, -0.2) is 35.9 Å². The van der Waals surface area contributed by atoms with E-state index in [0.29, 0.717) is 42.8 Å². The molecule has 0 saturated carbocycles. The summed E-state index contributed by atoms with van der Waals surface area (Å²) in [7, 11) is -2.97. The fourth-order valence-electron chi connectivity index (χ4n) is 2.66. The summed E-state index contributed by atoms with van der Waals surface area (Å²) < 4.78 is 23.4. The molecule has 0 amide bonds. The van der Waals surface area contributed by atoms with Crippen LogP contribution in [0.1, 0.15) is 29.7 Å². The first-order valence-corrected chi connectivity index (χ1v) is 8.56. The highest BCUT2D eigenvalue weighted by molar-refractivity contribution is 7.92. The van der Waals surface area contributed by atoms with Crippen molar-refractivity contribution in [1.29, 1.82) is 0 Å². The summed E-state index contributed by atoms with van der Waals surface area (Å²) in [6.07, 6.45) is 2.87. The molecule has 2 heterocycles. The van der Waals surface area contributed by atoms with Gasteiger partial charge in [-0.15, -0.1) is 0 Å². The first-order valence-electron chi connectivity index (χ1n) is 6.84. The first-order chi connectivity index (χ1) is 9.83. The molecule has 0 radical (unpaired) electrons. The average Bonchev–Trinajstić information content (AvgIpc) is 2.71. The Hall–Kier alpha value is -1.54. The number of pyridine rings is 1. The van der Waals surface area contributed by atoms with Gasteiger partial charge in [-0.05, 0) is 26.7 Å². The molecule has 1 atom stereocenters.